The summed E-state index contributed by atoms with van der Waals surface area (Å²) in [6, 6.07) is 8.29. The highest BCUT2D eigenvalue weighted by Gasteiger charge is 2.28. The Hall–Kier alpha value is -0.670. The van der Waals surface area contributed by atoms with Crippen LogP contribution in [0.25, 0.3) is 0 Å². The minimum absolute atomic E-state index is 0.0546. The van der Waals surface area contributed by atoms with Crippen LogP contribution in [0.4, 0.5) is 0 Å². The van der Waals surface area contributed by atoms with Crippen LogP contribution in [0.3, 0.4) is 0 Å². The number of fused-ring (bicyclic) bond motifs is 1. The lowest BCUT2D eigenvalue weighted by atomic mass is 10.00. The van der Waals surface area contributed by atoms with Gasteiger partial charge in [-0.2, -0.15) is 0 Å². The Balaban J connectivity index is 2.25. The molecule has 0 aliphatic heterocycles. The highest BCUT2D eigenvalue weighted by molar-refractivity contribution is 7.85. The van der Waals surface area contributed by atoms with Crippen molar-refractivity contribution in [3.63, 3.8) is 0 Å². The molecule has 3 atom stereocenters. The van der Waals surface area contributed by atoms with E-state index in [0.717, 1.165) is 31.4 Å². The van der Waals surface area contributed by atoms with Crippen molar-refractivity contribution in [3.05, 3.63) is 35.4 Å². The summed E-state index contributed by atoms with van der Waals surface area (Å²) in [5, 5.41) is 0.138. The zero-order valence-electron chi connectivity index (χ0n) is 10.4. The van der Waals surface area contributed by atoms with Gasteiger partial charge in [-0.1, -0.05) is 31.2 Å². The van der Waals surface area contributed by atoms with Gasteiger partial charge in [0.15, 0.2) is 0 Å². The topological polar surface area (TPSA) is 43.1 Å². The molecule has 0 fully saturated rings. The van der Waals surface area contributed by atoms with Crippen molar-refractivity contribution in [2.75, 3.05) is 5.75 Å². The molecule has 0 radical (unpaired) electrons. The van der Waals surface area contributed by atoms with Crippen molar-refractivity contribution in [1.29, 1.82) is 0 Å². The molecule has 0 spiro atoms. The molecule has 2 rings (SSSR count). The smallest absolute Gasteiger partial charge is 0.0541 e. The van der Waals surface area contributed by atoms with Gasteiger partial charge in [0, 0.05) is 22.6 Å². The predicted octanol–water partition coefficient (Wildman–Crippen LogP) is 2.55. The second-order valence-corrected chi connectivity index (χ2v) is 6.52. The van der Waals surface area contributed by atoms with Crippen LogP contribution in [-0.2, 0) is 17.2 Å². The molecule has 1 aliphatic rings. The van der Waals surface area contributed by atoms with E-state index in [1.807, 2.05) is 6.07 Å². The summed E-state index contributed by atoms with van der Waals surface area (Å²) in [7, 11) is -0.780. The highest BCUT2D eigenvalue weighted by Crippen LogP contribution is 2.30. The second-order valence-electron chi connectivity index (χ2n) is 4.74. The summed E-state index contributed by atoms with van der Waals surface area (Å²) in [5.41, 5.74) is 8.88. The van der Waals surface area contributed by atoms with E-state index in [2.05, 4.69) is 25.1 Å². The summed E-state index contributed by atoms with van der Waals surface area (Å²) in [6.45, 7) is 2.08. The molecule has 17 heavy (non-hydrogen) atoms. The van der Waals surface area contributed by atoms with Crippen LogP contribution in [0.15, 0.2) is 24.3 Å². The third kappa shape index (κ3) is 2.78. The molecule has 3 heteroatoms. The lowest BCUT2D eigenvalue weighted by Crippen LogP contribution is -2.30. The molecule has 0 amide bonds. The van der Waals surface area contributed by atoms with E-state index >= 15 is 0 Å². The third-order valence-corrected chi connectivity index (χ3v) is 5.51. The Morgan fingerprint density at radius 3 is 2.94 bits per heavy atom. The van der Waals surface area contributed by atoms with Crippen LogP contribution < -0.4 is 5.73 Å². The summed E-state index contributed by atoms with van der Waals surface area (Å²) in [5.74, 6) is 0.778. The average Bonchev–Trinajstić information content (AvgIpc) is 2.50. The predicted molar refractivity (Wildman–Crippen MR) is 73.4 cm³/mol. The van der Waals surface area contributed by atoms with Crippen molar-refractivity contribution >= 4 is 10.8 Å². The number of hydrogen-bond acceptors (Lipinski definition) is 2. The Morgan fingerprint density at radius 2 is 2.18 bits per heavy atom. The Labute approximate surface area is 106 Å². The van der Waals surface area contributed by atoms with Crippen LogP contribution in [0.5, 0.6) is 0 Å². The summed E-state index contributed by atoms with van der Waals surface area (Å²) in [6.07, 6.45) is 4.13. The average molecular weight is 251 g/mol. The van der Waals surface area contributed by atoms with Gasteiger partial charge in [-0.25, -0.2) is 0 Å². The summed E-state index contributed by atoms with van der Waals surface area (Å²) < 4.78 is 12.2. The Morgan fingerprint density at radius 1 is 1.41 bits per heavy atom. The number of hydrogen-bond donors (Lipinski definition) is 1. The molecule has 0 heterocycles. The highest BCUT2D eigenvalue weighted by atomic mass is 32.2. The standard InChI is InChI=1S/C14H21NOS/c1-2-10-17(16)13-9-5-7-11-6-3-4-8-12(11)14(13)15/h3-4,6,8,13-14H,2,5,7,9-10,15H2,1H3. The SMILES string of the molecule is CCCS(=O)C1CCCc2ccccc2C1N. The quantitative estimate of drug-likeness (QED) is 0.839. The monoisotopic (exact) mass is 251 g/mol. The van der Waals surface area contributed by atoms with Gasteiger partial charge >= 0.3 is 0 Å². The summed E-state index contributed by atoms with van der Waals surface area (Å²) >= 11 is 0. The largest absolute Gasteiger partial charge is 0.323 e. The minimum atomic E-state index is -0.780. The third-order valence-electron chi connectivity index (χ3n) is 3.49. The molecule has 2 N–H and O–H groups in total. The molecule has 94 valence electrons. The van der Waals surface area contributed by atoms with Gasteiger partial charge in [-0.3, -0.25) is 4.21 Å². The van der Waals surface area contributed by atoms with E-state index in [0.29, 0.717) is 0 Å². The molecule has 0 saturated carbocycles. The normalized spacial score (nSPS) is 26.0. The Kier molecular flexibility index (Phi) is 4.35. The number of rotatable bonds is 3. The molecule has 0 aromatic heterocycles. The fourth-order valence-corrected chi connectivity index (χ4v) is 4.22. The van der Waals surface area contributed by atoms with Crippen molar-refractivity contribution < 1.29 is 4.21 Å². The molecular formula is C14H21NOS. The first-order valence-corrected chi connectivity index (χ1v) is 7.82. The number of aryl methyl sites for hydroxylation is 1. The molecule has 0 bridgehead atoms. The van der Waals surface area contributed by atoms with Crippen molar-refractivity contribution in [2.45, 2.75) is 43.9 Å². The van der Waals surface area contributed by atoms with Crippen molar-refractivity contribution in [3.8, 4) is 0 Å². The lowest BCUT2D eigenvalue weighted by Gasteiger charge is -2.22. The lowest BCUT2D eigenvalue weighted by molar-refractivity contribution is 0.596. The maximum atomic E-state index is 12.2. The summed E-state index contributed by atoms with van der Waals surface area (Å²) in [4.78, 5) is 0. The van der Waals surface area contributed by atoms with E-state index in [9.17, 15) is 4.21 Å². The first-order chi connectivity index (χ1) is 8.24. The van der Waals surface area contributed by atoms with Crippen LogP contribution >= 0.6 is 0 Å². The van der Waals surface area contributed by atoms with Gasteiger partial charge in [-0.05, 0) is 36.8 Å². The fraction of sp³-hybridized carbons (Fsp3) is 0.571. The maximum absolute atomic E-state index is 12.2. The van der Waals surface area contributed by atoms with Gasteiger partial charge in [0.2, 0.25) is 0 Å². The Bertz CT molecular complexity index is 405. The number of benzene rings is 1. The van der Waals surface area contributed by atoms with Crippen LogP contribution in [0.2, 0.25) is 0 Å². The van der Waals surface area contributed by atoms with Crippen molar-refractivity contribution in [1.82, 2.24) is 0 Å². The molecule has 1 aliphatic carbocycles. The minimum Gasteiger partial charge on any atom is -0.323 e. The molecule has 1 aromatic carbocycles. The van der Waals surface area contributed by atoms with Crippen LogP contribution in [-0.4, -0.2) is 15.2 Å². The maximum Gasteiger partial charge on any atom is 0.0541 e. The van der Waals surface area contributed by atoms with Crippen LogP contribution in [0.1, 0.15) is 43.4 Å². The molecular weight excluding hydrogens is 230 g/mol. The zero-order chi connectivity index (χ0) is 12.3. The van der Waals surface area contributed by atoms with E-state index in [1.54, 1.807) is 0 Å². The first kappa shape index (κ1) is 12.8. The van der Waals surface area contributed by atoms with E-state index < -0.39 is 10.8 Å². The van der Waals surface area contributed by atoms with Crippen molar-refractivity contribution in [2.24, 2.45) is 5.73 Å². The van der Waals surface area contributed by atoms with E-state index in [1.165, 1.54) is 11.1 Å². The molecule has 0 saturated heterocycles. The molecule has 2 nitrogen and oxygen atoms in total. The van der Waals surface area contributed by atoms with Crippen LogP contribution in [0, 0.1) is 0 Å². The van der Waals surface area contributed by atoms with Gasteiger partial charge in [0.05, 0.1) is 5.25 Å². The van der Waals surface area contributed by atoms with Gasteiger partial charge in [-0.15, -0.1) is 0 Å². The fourth-order valence-electron chi connectivity index (χ4n) is 2.61. The van der Waals surface area contributed by atoms with E-state index in [4.69, 9.17) is 5.73 Å². The second kappa shape index (κ2) is 5.78. The molecule has 3 unspecified atom stereocenters. The van der Waals surface area contributed by atoms with Gasteiger partial charge in [0.1, 0.15) is 0 Å². The first-order valence-electron chi connectivity index (χ1n) is 6.44. The zero-order valence-corrected chi connectivity index (χ0v) is 11.2. The number of nitrogens with two attached hydrogens (primary N) is 1. The van der Waals surface area contributed by atoms with Gasteiger partial charge < -0.3 is 5.73 Å². The van der Waals surface area contributed by atoms with Gasteiger partial charge in [0.25, 0.3) is 0 Å². The molecule has 1 aromatic rings. The van der Waals surface area contributed by atoms with E-state index in [-0.39, 0.29) is 11.3 Å².